The first-order chi connectivity index (χ1) is 20.4. The van der Waals surface area contributed by atoms with Gasteiger partial charge in [-0.2, -0.15) is 0 Å². The lowest BCUT2D eigenvalue weighted by Gasteiger charge is -2.17. The van der Waals surface area contributed by atoms with Gasteiger partial charge in [-0.15, -0.1) is 0 Å². The molecule has 1 aromatic heterocycles. The number of rotatable bonds is 7. The molecule has 3 heterocycles. The Bertz CT molecular complexity index is 1940. The molecule has 0 atom stereocenters. The Labute approximate surface area is 239 Å². The van der Waals surface area contributed by atoms with Crippen LogP contribution < -0.4 is 19.7 Å². The van der Waals surface area contributed by atoms with E-state index in [1.807, 2.05) is 43.3 Å². The molecule has 42 heavy (non-hydrogen) atoms. The lowest BCUT2D eigenvalue weighted by molar-refractivity contribution is 0.0696. The van der Waals surface area contributed by atoms with Crippen molar-refractivity contribution in [3.8, 4) is 34.1 Å². The fraction of sp³-hybridized carbons (Fsp3) is 0.125. The highest BCUT2D eigenvalue weighted by atomic mass is 16.7. The predicted molar refractivity (Wildman–Crippen MR) is 154 cm³/mol. The summed E-state index contributed by atoms with van der Waals surface area (Å²) in [5, 5.41) is 12.7. The van der Waals surface area contributed by atoms with Crippen molar-refractivity contribution in [2.24, 2.45) is 0 Å². The first-order valence-electron chi connectivity index (χ1n) is 13.4. The number of fused-ring (bicyclic) bond motifs is 3. The third kappa shape index (κ3) is 4.12. The van der Waals surface area contributed by atoms with E-state index in [0.29, 0.717) is 46.3 Å². The third-order valence-electron chi connectivity index (χ3n) is 7.28. The molecule has 0 saturated heterocycles. The molecule has 0 saturated carbocycles. The average Bonchev–Trinajstić information content (AvgIpc) is 3.71. The number of aromatic nitrogens is 1. The molecule has 10 nitrogen and oxygen atoms in total. The predicted octanol–water partition coefficient (Wildman–Crippen LogP) is 6.21. The normalized spacial score (nSPS) is 13.6. The van der Waals surface area contributed by atoms with E-state index in [1.54, 1.807) is 18.2 Å². The molecule has 0 spiro atoms. The van der Waals surface area contributed by atoms with Gasteiger partial charge in [0.1, 0.15) is 5.52 Å². The average molecular weight is 562 g/mol. The fourth-order valence-electron chi connectivity index (χ4n) is 5.17. The number of carboxylic acids is 1. The van der Waals surface area contributed by atoms with Gasteiger partial charge < -0.3 is 24.3 Å². The number of benzene rings is 4. The molecule has 2 N–H and O–H groups in total. The SMILES string of the molecule is CCCNc1ccc(N2C(=O)c3ccc(C(=O)O)cc3C2=O)cc1-c1nc2cc(-c3ccc4c(c3)OCO4)ccc2o1. The number of imide groups is 1. The molecular formula is C32H23N3O7. The Balaban J connectivity index is 1.28. The Morgan fingerprint density at radius 3 is 2.50 bits per heavy atom. The Kier molecular flexibility index (Phi) is 5.89. The topological polar surface area (TPSA) is 131 Å². The van der Waals surface area contributed by atoms with E-state index in [2.05, 4.69) is 5.32 Å². The first-order valence-corrected chi connectivity index (χ1v) is 13.4. The van der Waals surface area contributed by atoms with E-state index in [1.165, 1.54) is 18.2 Å². The summed E-state index contributed by atoms with van der Waals surface area (Å²) >= 11 is 0. The summed E-state index contributed by atoms with van der Waals surface area (Å²) in [5.41, 5.74) is 4.82. The number of aromatic carboxylic acids is 1. The van der Waals surface area contributed by atoms with Crippen LogP contribution in [0.5, 0.6) is 11.5 Å². The maximum atomic E-state index is 13.3. The van der Waals surface area contributed by atoms with Crippen molar-refractivity contribution in [2.75, 3.05) is 23.6 Å². The summed E-state index contributed by atoms with van der Waals surface area (Å²) in [5.74, 6) is -0.594. The molecule has 208 valence electrons. The monoisotopic (exact) mass is 561 g/mol. The van der Waals surface area contributed by atoms with Crippen LogP contribution in [0.3, 0.4) is 0 Å². The lowest BCUT2D eigenvalue weighted by Crippen LogP contribution is -2.29. The smallest absolute Gasteiger partial charge is 0.335 e. The molecule has 0 unspecified atom stereocenters. The minimum absolute atomic E-state index is 0.0487. The van der Waals surface area contributed by atoms with Crippen LogP contribution in [0, 0.1) is 0 Å². The maximum Gasteiger partial charge on any atom is 0.335 e. The van der Waals surface area contributed by atoms with Crippen LogP contribution in [-0.2, 0) is 0 Å². The number of hydrogen-bond acceptors (Lipinski definition) is 8. The van der Waals surface area contributed by atoms with E-state index in [4.69, 9.17) is 18.9 Å². The number of carbonyl (C=O) groups is 3. The molecule has 0 fully saturated rings. The minimum atomic E-state index is -1.18. The highest BCUT2D eigenvalue weighted by Crippen LogP contribution is 2.39. The summed E-state index contributed by atoms with van der Waals surface area (Å²) in [6.45, 7) is 2.93. The molecule has 2 aliphatic heterocycles. The fourth-order valence-corrected chi connectivity index (χ4v) is 5.17. The molecule has 7 rings (SSSR count). The zero-order valence-electron chi connectivity index (χ0n) is 22.3. The van der Waals surface area contributed by atoms with Crippen LogP contribution in [0.15, 0.2) is 77.2 Å². The van der Waals surface area contributed by atoms with Crippen LogP contribution in [-0.4, -0.2) is 41.2 Å². The maximum absolute atomic E-state index is 13.3. The largest absolute Gasteiger partial charge is 0.478 e. The van der Waals surface area contributed by atoms with Gasteiger partial charge >= 0.3 is 5.97 Å². The van der Waals surface area contributed by atoms with Crippen molar-refractivity contribution < 1.29 is 33.4 Å². The summed E-state index contributed by atoms with van der Waals surface area (Å²) in [6.07, 6.45) is 0.873. The Morgan fingerprint density at radius 1 is 0.881 bits per heavy atom. The highest BCUT2D eigenvalue weighted by Gasteiger charge is 2.37. The summed E-state index contributed by atoms with van der Waals surface area (Å²) < 4.78 is 17.1. The number of carboxylic acid groups (broad SMARTS) is 1. The van der Waals surface area contributed by atoms with Gasteiger partial charge in [-0.25, -0.2) is 14.7 Å². The molecular weight excluding hydrogens is 538 g/mol. The molecule has 0 radical (unpaired) electrons. The number of nitrogens with zero attached hydrogens (tertiary/aromatic N) is 2. The van der Waals surface area contributed by atoms with Gasteiger partial charge in [0.25, 0.3) is 11.8 Å². The van der Waals surface area contributed by atoms with Crippen LogP contribution in [0.2, 0.25) is 0 Å². The second kappa shape index (κ2) is 9.77. The molecule has 0 bridgehead atoms. The van der Waals surface area contributed by atoms with Gasteiger partial charge in [-0.3, -0.25) is 9.59 Å². The van der Waals surface area contributed by atoms with Crippen molar-refractivity contribution in [1.29, 1.82) is 0 Å². The number of ether oxygens (including phenoxy) is 2. The Morgan fingerprint density at radius 2 is 1.67 bits per heavy atom. The molecule has 2 aliphatic rings. The van der Waals surface area contributed by atoms with Crippen molar-refractivity contribution in [3.63, 3.8) is 0 Å². The van der Waals surface area contributed by atoms with Gasteiger partial charge in [0.05, 0.1) is 27.9 Å². The van der Waals surface area contributed by atoms with Crippen molar-refractivity contribution in [3.05, 3.63) is 89.5 Å². The number of amides is 2. The van der Waals surface area contributed by atoms with Crippen LogP contribution in [0.25, 0.3) is 33.7 Å². The van der Waals surface area contributed by atoms with Gasteiger partial charge in [-0.1, -0.05) is 19.1 Å². The summed E-state index contributed by atoms with van der Waals surface area (Å²) in [7, 11) is 0. The second-order valence-electron chi connectivity index (χ2n) is 9.94. The second-order valence-corrected chi connectivity index (χ2v) is 9.94. The number of carbonyl (C=O) groups excluding carboxylic acids is 2. The van der Waals surface area contributed by atoms with E-state index in [9.17, 15) is 19.5 Å². The zero-order valence-corrected chi connectivity index (χ0v) is 22.3. The van der Waals surface area contributed by atoms with Gasteiger partial charge in [0.15, 0.2) is 17.1 Å². The van der Waals surface area contributed by atoms with Crippen molar-refractivity contribution >= 4 is 40.3 Å². The lowest BCUT2D eigenvalue weighted by atomic mass is 10.0. The van der Waals surface area contributed by atoms with E-state index < -0.39 is 17.8 Å². The minimum Gasteiger partial charge on any atom is -0.478 e. The third-order valence-corrected chi connectivity index (χ3v) is 7.28. The van der Waals surface area contributed by atoms with Crippen LogP contribution >= 0.6 is 0 Å². The van der Waals surface area contributed by atoms with Crippen LogP contribution in [0.1, 0.15) is 44.4 Å². The van der Waals surface area contributed by atoms with E-state index >= 15 is 0 Å². The summed E-state index contributed by atoms with van der Waals surface area (Å²) in [6, 6.07) is 20.5. The quantitative estimate of drug-likeness (QED) is 0.223. The molecule has 0 aliphatic carbocycles. The van der Waals surface area contributed by atoms with Gasteiger partial charge in [0, 0.05) is 12.2 Å². The zero-order chi connectivity index (χ0) is 29.0. The Hall–Kier alpha value is -5.64. The van der Waals surface area contributed by atoms with E-state index in [-0.39, 0.29) is 23.5 Å². The summed E-state index contributed by atoms with van der Waals surface area (Å²) in [4.78, 5) is 43.8. The number of hydrogen-bond donors (Lipinski definition) is 2. The molecule has 10 heteroatoms. The number of nitrogens with one attached hydrogen (secondary N) is 1. The van der Waals surface area contributed by atoms with Crippen LogP contribution in [0.4, 0.5) is 11.4 Å². The molecule has 5 aromatic rings. The molecule has 2 amide bonds. The number of anilines is 2. The van der Waals surface area contributed by atoms with E-state index in [0.717, 1.165) is 28.1 Å². The number of oxazole rings is 1. The standard InChI is InChI=1S/C32H23N3O7/c1-2-11-33-24-8-6-20(35-30(36)21-7-3-19(32(38)39)12-22(21)31(35)37)15-23(24)29-34-25-13-17(4-9-26(25)42-29)18-5-10-27-28(14-18)41-16-40-27/h3-10,12-15,33H,2,11,16H2,1H3,(H,38,39). The molecule has 4 aromatic carbocycles. The van der Waals surface area contributed by atoms with Crippen molar-refractivity contribution in [1.82, 2.24) is 4.98 Å². The first kappa shape index (κ1) is 25.3. The van der Waals surface area contributed by atoms with Crippen molar-refractivity contribution in [2.45, 2.75) is 13.3 Å². The van der Waals surface area contributed by atoms with Gasteiger partial charge in [-0.05, 0) is 78.2 Å². The van der Waals surface area contributed by atoms with Gasteiger partial charge in [0.2, 0.25) is 12.7 Å². The highest BCUT2D eigenvalue weighted by molar-refractivity contribution is 6.34.